The van der Waals surface area contributed by atoms with E-state index >= 15 is 0 Å². The number of nitrogens with one attached hydrogen (secondary N) is 1. The first kappa shape index (κ1) is 25.3. The van der Waals surface area contributed by atoms with Gasteiger partial charge in [0.05, 0.1) is 17.7 Å². The Morgan fingerprint density at radius 3 is 2.06 bits per heavy atom. The van der Waals surface area contributed by atoms with Gasteiger partial charge in [-0.25, -0.2) is 0 Å². The molecule has 0 radical (unpaired) electrons. The van der Waals surface area contributed by atoms with Crippen molar-refractivity contribution in [2.45, 2.75) is 71.6 Å². The summed E-state index contributed by atoms with van der Waals surface area (Å²) in [6.07, 6.45) is 10.8. The van der Waals surface area contributed by atoms with E-state index in [-0.39, 0.29) is 5.91 Å². The Morgan fingerprint density at radius 2 is 1.42 bits per heavy atom. The SMILES string of the molecule is CCCCCCCOc1ccc(NC(=O)c2ccc(OCCCCCC)c(Br)c2)cc1. The molecule has 2 aromatic rings. The Bertz CT molecular complexity index is 777. The number of ether oxygens (including phenoxy) is 2. The van der Waals surface area contributed by atoms with Gasteiger partial charge in [0.25, 0.3) is 5.91 Å². The highest BCUT2D eigenvalue weighted by Gasteiger charge is 2.10. The van der Waals surface area contributed by atoms with Crippen LogP contribution in [0.1, 0.15) is 82.0 Å². The van der Waals surface area contributed by atoms with E-state index in [0.29, 0.717) is 12.2 Å². The lowest BCUT2D eigenvalue weighted by atomic mass is 10.2. The summed E-state index contributed by atoms with van der Waals surface area (Å²) >= 11 is 3.52. The molecule has 0 bridgehead atoms. The van der Waals surface area contributed by atoms with E-state index < -0.39 is 0 Å². The molecule has 4 nitrogen and oxygen atoms in total. The van der Waals surface area contributed by atoms with E-state index in [2.05, 4.69) is 35.1 Å². The molecular weight excluding hydrogens is 454 g/mol. The molecule has 0 aliphatic rings. The van der Waals surface area contributed by atoms with Gasteiger partial charge < -0.3 is 14.8 Å². The van der Waals surface area contributed by atoms with Crippen LogP contribution in [0.5, 0.6) is 11.5 Å². The smallest absolute Gasteiger partial charge is 0.255 e. The molecule has 0 heterocycles. The van der Waals surface area contributed by atoms with Crippen molar-refractivity contribution in [3.8, 4) is 11.5 Å². The Labute approximate surface area is 195 Å². The number of carbonyl (C=O) groups excluding carboxylic acids is 1. The molecule has 0 saturated carbocycles. The molecule has 2 aromatic carbocycles. The number of benzene rings is 2. The van der Waals surface area contributed by atoms with Crippen LogP contribution in [-0.2, 0) is 0 Å². The van der Waals surface area contributed by atoms with E-state index in [4.69, 9.17) is 9.47 Å². The lowest BCUT2D eigenvalue weighted by Gasteiger charge is -2.11. The van der Waals surface area contributed by atoms with Crippen molar-refractivity contribution in [1.29, 1.82) is 0 Å². The normalized spacial score (nSPS) is 10.7. The second-order valence-corrected chi connectivity index (χ2v) is 8.65. The third-order valence-electron chi connectivity index (χ3n) is 5.08. The summed E-state index contributed by atoms with van der Waals surface area (Å²) < 4.78 is 12.4. The van der Waals surface area contributed by atoms with Crippen LogP contribution in [0, 0.1) is 0 Å². The fraction of sp³-hybridized carbons (Fsp3) is 0.500. The van der Waals surface area contributed by atoms with E-state index in [1.807, 2.05) is 30.3 Å². The lowest BCUT2D eigenvalue weighted by molar-refractivity contribution is 0.102. The number of rotatable bonds is 15. The summed E-state index contributed by atoms with van der Waals surface area (Å²) in [6, 6.07) is 13.0. The summed E-state index contributed by atoms with van der Waals surface area (Å²) in [7, 11) is 0. The summed E-state index contributed by atoms with van der Waals surface area (Å²) in [5, 5.41) is 2.93. The highest BCUT2D eigenvalue weighted by Crippen LogP contribution is 2.27. The predicted molar refractivity (Wildman–Crippen MR) is 132 cm³/mol. The van der Waals surface area contributed by atoms with Crippen LogP contribution in [0.25, 0.3) is 0 Å². The van der Waals surface area contributed by atoms with Crippen molar-refractivity contribution in [1.82, 2.24) is 0 Å². The second-order valence-electron chi connectivity index (χ2n) is 7.80. The zero-order valence-corrected chi connectivity index (χ0v) is 20.5. The number of anilines is 1. The van der Waals surface area contributed by atoms with Gasteiger partial charge in [0, 0.05) is 11.3 Å². The summed E-state index contributed by atoms with van der Waals surface area (Å²) in [5.74, 6) is 1.45. The van der Waals surface area contributed by atoms with Crippen LogP contribution >= 0.6 is 15.9 Å². The Morgan fingerprint density at radius 1 is 0.806 bits per heavy atom. The molecule has 1 N–H and O–H groups in total. The number of carbonyl (C=O) groups is 1. The van der Waals surface area contributed by atoms with E-state index in [1.165, 1.54) is 44.9 Å². The largest absolute Gasteiger partial charge is 0.494 e. The minimum atomic E-state index is -0.153. The van der Waals surface area contributed by atoms with Crippen molar-refractivity contribution in [2.24, 2.45) is 0 Å². The molecule has 31 heavy (non-hydrogen) atoms. The molecule has 170 valence electrons. The minimum Gasteiger partial charge on any atom is -0.494 e. The third kappa shape index (κ3) is 9.77. The average Bonchev–Trinajstić information content (AvgIpc) is 2.78. The quantitative estimate of drug-likeness (QED) is 0.257. The van der Waals surface area contributed by atoms with Gasteiger partial charge in [0.15, 0.2) is 0 Å². The monoisotopic (exact) mass is 489 g/mol. The van der Waals surface area contributed by atoms with Crippen LogP contribution in [0.2, 0.25) is 0 Å². The zero-order valence-electron chi connectivity index (χ0n) is 18.9. The molecule has 5 heteroatoms. The summed E-state index contributed by atoms with van der Waals surface area (Å²) in [4.78, 5) is 12.6. The molecule has 0 unspecified atom stereocenters. The van der Waals surface area contributed by atoms with Crippen molar-refractivity contribution in [3.05, 3.63) is 52.5 Å². The molecule has 0 fully saturated rings. The first-order valence-electron chi connectivity index (χ1n) is 11.6. The molecule has 1 amide bonds. The van der Waals surface area contributed by atoms with Crippen LogP contribution in [0.15, 0.2) is 46.9 Å². The molecule has 0 aliphatic carbocycles. The zero-order chi connectivity index (χ0) is 22.3. The predicted octanol–water partition coefficient (Wildman–Crippen LogP) is 8.01. The van der Waals surface area contributed by atoms with Gasteiger partial charge in [-0.2, -0.15) is 0 Å². The van der Waals surface area contributed by atoms with E-state index in [1.54, 1.807) is 12.1 Å². The highest BCUT2D eigenvalue weighted by molar-refractivity contribution is 9.10. The van der Waals surface area contributed by atoms with E-state index in [0.717, 1.165) is 41.1 Å². The Hall–Kier alpha value is -2.01. The molecule has 2 rings (SSSR count). The summed E-state index contributed by atoms with van der Waals surface area (Å²) in [5.41, 5.74) is 1.32. The van der Waals surface area contributed by atoms with E-state index in [9.17, 15) is 4.79 Å². The highest BCUT2D eigenvalue weighted by atomic mass is 79.9. The maximum absolute atomic E-state index is 12.6. The van der Waals surface area contributed by atoms with Gasteiger partial charge in [-0.3, -0.25) is 4.79 Å². The number of halogens is 1. The maximum atomic E-state index is 12.6. The molecule has 0 saturated heterocycles. The van der Waals surface area contributed by atoms with Crippen molar-refractivity contribution < 1.29 is 14.3 Å². The second kappa shape index (κ2) is 14.9. The maximum Gasteiger partial charge on any atom is 0.255 e. The lowest BCUT2D eigenvalue weighted by Crippen LogP contribution is -2.12. The van der Waals surface area contributed by atoms with Gasteiger partial charge in [0.2, 0.25) is 0 Å². The fourth-order valence-electron chi connectivity index (χ4n) is 3.20. The number of hydrogen-bond donors (Lipinski definition) is 1. The average molecular weight is 490 g/mol. The first-order valence-corrected chi connectivity index (χ1v) is 12.4. The Kier molecular flexibility index (Phi) is 12.1. The number of amides is 1. The van der Waals surface area contributed by atoms with Crippen molar-refractivity contribution >= 4 is 27.5 Å². The van der Waals surface area contributed by atoms with Crippen LogP contribution < -0.4 is 14.8 Å². The summed E-state index contributed by atoms with van der Waals surface area (Å²) in [6.45, 7) is 5.84. The van der Waals surface area contributed by atoms with Gasteiger partial charge in [-0.1, -0.05) is 58.8 Å². The van der Waals surface area contributed by atoms with Crippen molar-refractivity contribution in [2.75, 3.05) is 18.5 Å². The minimum absolute atomic E-state index is 0.153. The fourth-order valence-corrected chi connectivity index (χ4v) is 3.70. The molecule has 0 aromatic heterocycles. The number of unbranched alkanes of at least 4 members (excludes halogenated alkanes) is 7. The standard InChI is InChI=1S/C26H36BrNO3/c1-3-5-7-9-11-18-30-23-15-13-22(14-16-23)28-26(29)21-12-17-25(24(27)20-21)31-19-10-8-6-4-2/h12-17,20H,3-11,18-19H2,1-2H3,(H,28,29). The molecule has 0 aliphatic heterocycles. The molecule has 0 spiro atoms. The van der Waals surface area contributed by atoms with Gasteiger partial charge in [-0.15, -0.1) is 0 Å². The molecule has 0 atom stereocenters. The van der Waals surface area contributed by atoms with Gasteiger partial charge in [-0.05, 0) is 71.2 Å². The molecular formula is C26H36BrNO3. The van der Waals surface area contributed by atoms with Crippen LogP contribution in [-0.4, -0.2) is 19.1 Å². The first-order chi connectivity index (χ1) is 15.1. The number of hydrogen-bond acceptors (Lipinski definition) is 3. The van der Waals surface area contributed by atoms with Gasteiger partial charge in [0.1, 0.15) is 11.5 Å². The topological polar surface area (TPSA) is 47.6 Å². The third-order valence-corrected chi connectivity index (χ3v) is 5.70. The van der Waals surface area contributed by atoms with Crippen molar-refractivity contribution in [3.63, 3.8) is 0 Å². The van der Waals surface area contributed by atoms with Gasteiger partial charge >= 0.3 is 0 Å². The van der Waals surface area contributed by atoms with Crippen LogP contribution in [0.3, 0.4) is 0 Å². The van der Waals surface area contributed by atoms with Crippen LogP contribution in [0.4, 0.5) is 5.69 Å². The Balaban J connectivity index is 1.78.